The summed E-state index contributed by atoms with van der Waals surface area (Å²) in [5.41, 5.74) is -3.52. The predicted molar refractivity (Wildman–Crippen MR) is 55.9 cm³/mol. The third kappa shape index (κ3) is 3.07. The van der Waals surface area contributed by atoms with E-state index in [0.29, 0.717) is 0 Å². The van der Waals surface area contributed by atoms with Gasteiger partial charge in [0.15, 0.2) is 0 Å². The molecule has 0 aliphatic rings. The molecule has 0 bridgehead atoms. The summed E-state index contributed by atoms with van der Waals surface area (Å²) in [6.45, 7) is 0.797. The highest BCUT2D eigenvalue weighted by Gasteiger charge is 2.66. The van der Waals surface area contributed by atoms with E-state index in [1.54, 1.807) is 0 Å². The van der Waals surface area contributed by atoms with Crippen molar-refractivity contribution in [3.63, 3.8) is 0 Å². The first-order valence-corrected chi connectivity index (χ1v) is 6.26. The van der Waals surface area contributed by atoms with E-state index < -0.39 is 54.0 Å². The van der Waals surface area contributed by atoms with Crippen LogP contribution in [0.4, 0.5) is 30.8 Å². The molecule has 0 heterocycles. The minimum atomic E-state index is -10.2. The van der Waals surface area contributed by atoms with Crippen molar-refractivity contribution in [1.29, 1.82) is 0 Å². The molecular formula is C7H5F5N2O4S. The van der Waals surface area contributed by atoms with Crippen LogP contribution in [0.5, 0.6) is 0 Å². The number of benzene rings is 1. The summed E-state index contributed by atoms with van der Waals surface area (Å²) >= 11 is 0. The highest BCUT2D eigenvalue weighted by molar-refractivity contribution is 8.45. The number of rotatable bonds is 3. The lowest BCUT2D eigenvalue weighted by atomic mass is 10.1. The smallest absolute Gasteiger partial charge is 0.258 e. The Kier molecular flexibility index (Phi) is 2.63. The number of nitrogens with zero attached hydrogens (tertiary/aromatic N) is 2. The maximum Gasteiger partial charge on any atom is 0.310 e. The van der Waals surface area contributed by atoms with Gasteiger partial charge in [0.2, 0.25) is 0 Å². The van der Waals surface area contributed by atoms with Gasteiger partial charge in [0.1, 0.15) is 10.5 Å². The Labute approximate surface area is 101 Å². The SMILES string of the molecule is Cc1c([N+](=O)[O-])cc(S(F)(F)(F)(F)F)cc1[N+](=O)[O-]. The quantitative estimate of drug-likeness (QED) is 0.468. The van der Waals surface area contributed by atoms with Crippen molar-refractivity contribution >= 4 is 21.6 Å². The molecule has 12 heteroatoms. The fourth-order valence-electron chi connectivity index (χ4n) is 1.26. The van der Waals surface area contributed by atoms with Gasteiger partial charge < -0.3 is 0 Å². The Morgan fingerprint density at radius 3 is 1.47 bits per heavy atom. The fraction of sp³-hybridized carbons (Fsp3) is 0.143. The number of nitro benzene ring substituents is 2. The van der Waals surface area contributed by atoms with Gasteiger partial charge in [0.05, 0.1) is 9.85 Å². The first-order chi connectivity index (χ1) is 8.13. The molecule has 6 nitrogen and oxygen atoms in total. The minimum Gasteiger partial charge on any atom is -0.258 e. The van der Waals surface area contributed by atoms with Crippen molar-refractivity contribution in [2.24, 2.45) is 0 Å². The summed E-state index contributed by atoms with van der Waals surface area (Å²) in [5, 5.41) is 20.9. The molecule has 1 rings (SSSR count). The van der Waals surface area contributed by atoms with Crippen molar-refractivity contribution in [2.75, 3.05) is 0 Å². The Morgan fingerprint density at radius 1 is 0.947 bits per heavy atom. The molecule has 19 heavy (non-hydrogen) atoms. The first-order valence-electron chi connectivity index (χ1n) is 4.31. The molecule has 108 valence electrons. The van der Waals surface area contributed by atoms with Crippen molar-refractivity contribution in [3.05, 3.63) is 37.9 Å². The van der Waals surface area contributed by atoms with Gasteiger partial charge in [-0.25, -0.2) is 0 Å². The molecule has 0 saturated heterocycles. The van der Waals surface area contributed by atoms with E-state index in [0.717, 1.165) is 6.92 Å². The molecule has 0 amide bonds. The van der Waals surface area contributed by atoms with Crippen molar-refractivity contribution in [1.82, 2.24) is 0 Å². The van der Waals surface area contributed by atoms with Crippen LogP contribution in [-0.4, -0.2) is 9.85 Å². The van der Waals surface area contributed by atoms with Crippen LogP contribution in [-0.2, 0) is 0 Å². The zero-order chi connectivity index (χ0) is 15.3. The largest absolute Gasteiger partial charge is 0.310 e. The van der Waals surface area contributed by atoms with Crippen LogP contribution < -0.4 is 0 Å². The summed E-state index contributed by atoms with van der Waals surface area (Å²) in [6.07, 6.45) is 0. The van der Waals surface area contributed by atoms with E-state index in [9.17, 15) is 39.7 Å². The van der Waals surface area contributed by atoms with Crippen LogP contribution in [0.1, 0.15) is 5.56 Å². The zero-order valence-corrected chi connectivity index (χ0v) is 9.80. The van der Waals surface area contributed by atoms with E-state index in [4.69, 9.17) is 0 Å². The molecule has 0 aliphatic heterocycles. The lowest BCUT2D eigenvalue weighted by Crippen LogP contribution is -2.08. The van der Waals surface area contributed by atoms with Crippen LogP contribution in [0.2, 0.25) is 0 Å². The van der Waals surface area contributed by atoms with Gasteiger partial charge >= 0.3 is 10.2 Å². The normalized spacial score (nSPS) is 15.5. The lowest BCUT2D eigenvalue weighted by molar-refractivity contribution is -0.395. The molecule has 0 spiro atoms. The first kappa shape index (κ1) is 15.1. The number of hydrogen-bond donors (Lipinski definition) is 0. The van der Waals surface area contributed by atoms with Gasteiger partial charge in [0.25, 0.3) is 11.4 Å². The summed E-state index contributed by atoms with van der Waals surface area (Å²) in [6, 6.07) is -0.798. The van der Waals surface area contributed by atoms with E-state index in [1.165, 1.54) is 0 Å². The molecule has 0 atom stereocenters. The van der Waals surface area contributed by atoms with Gasteiger partial charge in [-0.1, -0.05) is 19.4 Å². The third-order valence-corrected chi connectivity index (χ3v) is 3.29. The van der Waals surface area contributed by atoms with Crippen LogP contribution in [0.25, 0.3) is 0 Å². The summed E-state index contributed by atoms with van der Waals surface area (Å²) in [5.74, 6) is 0. The van der Waals surface area contributed by atoms with Crippen molar-refractivity contribution in [3.8, 4) is 0 Å². The van der Waals surface area contributed by atoms with E-state index in [2.05, 4.69) is 0 Å². The highest BCUT2D eigenvalue weighted by atomic mass is 32.5. The standard InChI is InChI=1S/C7H5F5N2O4S/c1-4-6(13(15)16)2-5(3-7(4)14(17)18)19(8,9,10,11)12/h2-3H,1H3. The Balaban J connectivity index is 3.83. The highest BCUT2D eigenvalue weighted by Crippen LogP contribution is 3.02. The average Bonchev–Trinajstić information content (AvgIpc) is 2.12. The minimum absolute atomic E-state index is 0.399. The molecule has 0 unspecified atom stereocenters. The molecule has 0 N–H and O–H groups in total. The maximum absolute atomic E-state index is 12.5. The second kappa shape index (κ2) is 3.31. The van der Waals surface area contributed by atoms with Gasteiger partial charge in [-0.2, -0.15) is 0 Å². The van der Waals surface area contributed by atoms with Crippen LogP contribution in [0, 0.1) is 27.2 Å². The number of nitro groups is 2. The van der Waals surface area contributed by atoms with Crippen molar-refractivity contribution < 1.29 is 29.3 Å². The monoisotopic (exact) mass is 308 g/mol. The van der Waals surface area contributed by atoms with Gasteiger partial charge in [0, 0.05) is 12.1 Å². The Bertz CT molecular complexity index is 564. The third-order valence-electron chi connectivity index (χ3n) is 2.17. The lowest BCUT2D eigenvalue weighted by Gasteiger charge is -2.40. The molecule has 0 fully saturated rings. The second-order valence-electron chi connectivity index (χ2n) is 3.57. The summed E-state index contributed by atoms with van der Waals surface area (Å²) in [4.78, 5) is 15.5. The van der Waals surface area contributed by atoms with Crippen molar-refractivity contribution in [2.45, 2.75) is 11.8 Å². The van der Waals surface area contributed by atoms with Gasteiger partial charge in [-0.3, -0.25) is 20.2 Å². The van der Waals surface area contributed by atoms with E-state index in [1.807, 2.05) is 0 Å². The van der Waals surface area contributed by atoms with E-state index in [-0.39, 0.29) is 0 Å². The molecular weight excluding hydrogens is 303 g/mol. The second-order valence-corrected chi connectivity index (χ2v) is 5.98. The average molecular weight is 308 g/mol. The Hall–Kier alpha value is -1.98. The molecule has 0 aliphatic carbocycles. The van der Waals surface area contributed by atoms with Crippen LogP contribution in [0.3, 0.4) is 0 Å². The molecule has 0 saturated carbocycles. The van der Waals surface area contributed by atoms with Crippen LogP contribution in [0.15, 0.2) is 17.0 Å². The van der Waals surface area contributed by atoms with E-state index >= 15 is 0 Å². The van der Waals surface area contributed by atoms with Gasteiger partial charge in [-0.15, -0.1) is 0 Å². The summed E-state index contributed by atoms with van der Waals surface area (Å²) in [7, 11) is -10.2. The zero-order valence-electron chi connectivity index (χ0n) is 8.98. The topological polar surface area (TPSA) is 86.3 Å². The Morgan fingerprint density at radius 2 is 1.26 bits per heavy atom. The van der Waals surface area contributed by atoms with Gasteiger partial charge in [-0.05, 0) is 6.92 Å². The molecule has 1 aromatic rings. The number of halogens is 5. The molecule has 0 radical (unpaired) electrons. The maximum atomic E-state index is 12.5. The fourth-order valence-corrected chi connectivity index (χ4v) is 1.93. The van der Waals surface area contributed by atoms with Crippen LogP contribution >= 0.6 is 10.2 Å². The molecule has 1 aromatic carbocycles. The number of hydrogen-bond acceptors (Lipinski definition) is 4. The summed E-state index contributed by atoms with van der Waals surface area (Å²) < 4.78 is 62.6. The molecule has 0 aromatic heterocycles. The predicted octanol–water partition coefficient (Wildman–Crippen LogP) is 4.47.